The quantitative estimate of drug-likeness (QED) is 0.223. The number of unbranched alkanes of at least 4 members (excludes halogenated alkanes) is 6. The number of Topliss-reactive ketones (excluding diaryl/α,β-unsaturated/α-hetero) is 1. The molecule has 0 saturated heterocycles. The van der Waals surface area contributed by atoms with Gasteiger partial charge in [0, 0.05) is 6.42 Å². The fraction of sp³-hybridized carbons (Fsp3) is 0.632. The van der Waals surface area contributed by atoms with Crippen LogP contribution in [-0.2, 0) is 4.79 Å². The summed E-state index contributed by atoms with van der Waals surface area (Å²) in [6.45, 7) is 3.84. The first-order valence-corrected chi connectivity index (χ1v) is 8.23. The minimum atomic E-state index is 0.324. The third-order valence-electron chi connectivity index (χ3n) is 3.19. The zero-order valence-electron chi connectivity index (χ0n) is 13.4. The highest BCUT2D eigenvalue weighted by Gasteiger charge is 1.93. The summed E-state index contributed by atoms with van der Waals surface area (Å²) in [5.74, 6) is 0.324. The SMILES string of the molecule is CC/C=C/CC/C=C\C=C\CCCCCCCC(C)=O. The molecular formula is C19H32O. The molecule has 0 amide bonds. The van der Waals surface area contributed by atoms with Crippen molar-refractivity contribution >= 4 is 5.78 Å². The van der Waals surface area contributed by atoms with E-state index in [1.807, 2.05) is 0 Å². The Bertz CT molecular complexity index is 297. The van der Waals surface area contributed by atoms with E-state index in [1.54, 1.807) is 6.92 Å². The highest BCUT2D eigenvalue weighted by Crippen LogP contribution is 2.07. The van der Waals surface area contributed by atoms with E-state index in [0.717, 1.165) is 32.1 Å². The predicted molar refractivity (Wildman–Crippen MR) is 89.9 cm³/mol. The minimum Gasteiger partial charge on any atom is -0.300 e. The summed E-state index contributed by atoms with van der Waals surface area (Å²) in [6.07, 6.45) is 24.7. The highest BCUT2D eigenvalue weighted by molar-refractivity contribution is 5.75. The average Bonchev–Trinajstić information content (AvgIpc) is 2.43. The van der Waals surface area contributed by atoms with Crippen LogP contribution in [0.2, 0.25) is 0 Å². The van der Waals surface area contributed by atoms with E-state index >= 15 is 0 Å². The van der Waals surface area contributed by atoms with Gasteiger partial charge in [-0.3, -0.25) is 0 Å². The Labute approximate surface area is 125 Å². The van der Waals surface area contributed by atoms with Crippen molar-refractivity contribution in [2.45, 2.75) is 78.1 Å². The van der Waals surface area contributed by atoms with Gasteiger partial charge in [-0.2, -0.15) is 0 Å². The molecule has 0 aliphatic rings. The topological polar surface area (TPSA) is 17.1 Å². The lowest BCUT2D eigenvalue weighted by molar-refractivity contribution is -0.117. The molecule has 0 aromatic heterocycles. The number of hydrogen-bond donors (Lipinski definition) is 0. The van der Waals surface area contributed by atoms with E-state index in [-0.39, 0.29) is 0 Å². The third kappa shape index (κ3) is 16.9. The molecule has 0 aromatic carbocycles. The average molecular weight is 276 g/mol. The summed E-state index contributed by atoms with van der Waals surface area (Å²) in [5.41, 5.74) is 0. The van der Waals surface area contributed by atoms with Gasteiger partial charge < -0.3 is 4.79 Å². The molecule has 0 aromatic rings. The molecule has 1 heteroatoms. The van der Waals surface area contributed by atoms with Crippen molar-refractivity contribution < 1.29 is 4.79 Å². The van der Waals surface area contributed by atoms with Crippen molar-refractivity contribution in [3.05, 3.63) is 36.5 Å². The standard InChI is InChI=1S/C19H32O/c1-3-4-5-6-7-8-9-10-11-12-13-14-15-16-17-18-19(2)20/h4-5,8-11H,3,6-7,12-18H2,1-2H3/b5-4+,9-8-,11-10+. The minimum absolute atomic E-state index is 0.324. The monoisotopic (exact) mass is 276 g/mol. The number of ketones is 1. The normalized spacial score (nSPS) is 12.1. The molecule has 0 aliphatic heterocycles. The molecule has 0 saturated carbocycles. The van der Waals surface area contributed by atoms with Gasteiger partial charge in [0.1, 0.15) is 5.78 Å². The summed E-state index contributed by atoms with van der Waals surface area (Å²) < 4.78 is 0. The van der Waals surface area contributed by atoms with Crippen LogP contribution in [0.4, 0.5) is 0 Å². The molecule has 0 unspecified atom stereocenters. The fourth-order valence-electron chi connectivity index (χ4n) is 1.99. The molecule has 0 bridgehead atoms. The van der Waals surface area contributed by atoms with Crippen molar-refractivity contribution in [2.75, 3.05) is 0 Å². The van der Waals surface area contributed by atoms with Gasteiger partial charge in [0.2, 0.25) is 0 Å². The Morgan fingerprint density at radius 2 is 1.35 bits per heavy atom. The van der Waals surface area contributed by atoms with Gasteiger partial charge in [-0.25, -0.2) is 0 Å². The fourth-order valence-corrected chi connectivity index (χ4v) is 1.99. The first-order valence-electron chi connectivity index (χ1n) is 8.23. The Kier molecular flexibility index (Phi) is 15.1. The maximum atomic E-state index is 10.8. The van der Waals surface area contributed by atoms with Crippen molar-refractivity contribution in [1.29, 1.82) is 0 Å². The smallest absolute Gasteiger partial charge is 0.129 e. The van der Waals surface area contributed by atoms with Gasteiger partial charge >= 0.3 is 0 Å². The zero-order chi connectivity index (χ0) is 14.9. The third-order valence-corrected chi connectivity index (χ3v) is 3.19. The lowest BCUT2D eigenvalue weighted by atomic mass is 10.1. The molecular weight excluding hydrogens is 244 g/mol. The van der Waals surface area contributed by atoms with E-state index in [2.05, 4.69) is 43.4 Å². The molecule has 0 radical (unpaired) electrons. The summed E-state index contributed by atoms with van der Waals surface area (Å²) >= 11 is 0. The van der Waals surface area contributed by atoms with Crippen molar-refractivity contribution in [3.63, 3.8) is 0 Å². The summed E-state index contributed by atoms with van der Waals surface area (Å²) in [7, 11) is 0. The van der Waals surface area contributed by atoms with Gasteiger partial charge in [0.15, 0.2) is 0 Å². The molecule has 0 fully saturated rings. The van der Waals surface area contributed by atoms with Gasteiger partial charge in [-0.05, 0) is 45.4 Å². The molecule has 0 heterocycles. The van der Waals surface area contributed by atoms with Crippen LogP contribution in [0.5, 0.6) is 0 Å². The Morgan fingerprint density at radius 3 is 2.05 bits per heavy atom. The number of allylic oxidation sites excluding steroid dienone is 6. The van der Waals surface area contributed by atoms with E-state index < -0.39 is 0 Å². The van der Waals surface area contributed by atoms with E-state index in [1.165, 1.54) is 32.1 Å². The maximum Gasteiger partial charge on any atom is 0.129 e. The second-order valence-corrected chi connectivity index (χ2v) is 5.32. The number of carbonyl (C=O) groups excluding carboxylic acids is 1. The number of hydrogen-bond acceptors (Lipinski definition) is 1. The second-order valence-electron chi connectivity index (χ2n) is 5.32. The van der Waals surface area contributed by atoms with Crippen LogP contribution in [0.25, 0.3) is 0 Å². The molecule has 0 atom stereocenters. The number of carbonyl (C=O) groups is 1. The van der Waals surface area contributed by atoms with E-state index in [9.17, 15) is 4.79 Å². The van der Waals surface area contributed by atoms with Crippen molar-refractivity contribution in [2.24, 2.45) is 0 Å². The van der Waals surface area contributed by atoms with Crippen LogP contribution in [0.15, 0.2) is 36.5 Å². The lowest BCUT2D eigenvalue weighted by Crippen LogP contribution is -1.89. The largest absolute Gasteiger partial charge is 0.300 e. The highest BCUT2D eigenvalue weighted by atomic mass is 16.1. The Hall–Kier alpha value is -1.11. The molecule has 1 nitrogen and oxygen atoms in total. The Morgan fingerprint density at radius 1 is 0.750 bits per heavy atom. The van der Waals surface area contributed by atoms with Gasteiger partial charge in [-0.15, -0.1) is 0 Å². The van der Waals surface area contributed by atoms with Crippen molar-refractivity contribution in [1.82, 2.24) is 0 Å². The van der Waals surface area contributed by atoms with E-state index in [4.69, 9.17) is 0 Å². The first kappa shape index (κ1) is 18.9. The van der Waals surface area contributed by atoms with Gasteiger partial charge in [0.05, 0.1) is 0 Å². The molecule has 0 rings (SSSR count). The maximum absolute atomic E-state index is 10.8. The summed E-state index contributed by atoms with van der Waals surface area (Å²) in [4.78, 5) is 10.8. The second kappa shape index (κ2) is 15.9. The van der Waals surface area contributed by atoms with Crippen LogP contribution in [0.3, 0.4) is 0 Å². The van der Waals surface area contributed by atoms with Crippen molar-refractivity contribution in [3.8, 4) is 0 Å². The van der Waals surface area contributed by atoms with Crippen LogP contribution >= 0.6 is 0 Å². The van der Waals surface area contributed by atoms with Gasteiger partial charge in [-0.1, -0.05) is 62.6 Å². The van der Waals surface area contributed by atoms with Gasteiger partial charge in [0.25, 0.3) is 0 Å². The number of rotatable bonds is 13. The molecule has 0 N–H and O–H groups in total. The molecule has 114 valence electrons. The lowest BCUT2D eigenvalue weighted by Gasteiger charge is -1.98. The van der Waals surface area contributed by atoms with Crippen LogP contribution in [0.1, 0.15) is 78.1 Å². The van der Waals surface area contributed by atoms with Crippen LogP contribution in [0, 0.1) is 0 Å². The zero-order valence-corrected chi connectivity index (χ0v) is 13.4. The predicted octanol–water partition coefficient (Wildman–Crippen LogP) is 6.16. The van der Waals surface area contributed by atoms with Crippen LogP contribution in [-0.4, -0.2) is 5.78 Å². The summed E-state index contributed by atoms with van der Waals surface area (Å²) in [6, 6.07) is 0. The first-order chi connectivity index (χ1) is 9.77. The molecule has 0 aliphatic carbocycles. The summed E-state index contributed by atoms with van der Waals surface area (Å²) in [5, 5.41) is 0. The Balaban J connectivity index is 3.25. The van der Waals surface area contributed by atoms with E-state index in [0.29, 0.717) is 5.78 Å². The van der Waals surface area contributed by atoms with Crippen LogP contribution < -0.4 is 0 Å². The molecule has 20 heavy (non-hydrogen) atoms. The molecule has 0 spiro atoms.